The highest BCUT2D eigenvalue weighted by Crippen LogP contribution is 2.50. The molecule has 0 bridgehead atoms. The molecule has 156 valence electrons. The average molecular weight is 461 g/mol. The van der Waals surface area contributed by atoms with E-state index < -0.39 is 46.5 Å². The number of benzene rings is 1. The first-order valence-corrected chi connectivity index (χ1v) is 8.38. The molecule has 1 aromatic carbocycles. The van der Waals surface area contributed by atoms with Crippen molar-refractivity contribution < 1.29 is 40.3 Å². The minimum absolute atomic E-state index is 0.0459. The van der Waals surface area contributed by atoms with E-state index in [2.05, 4.69) is 18.9 Å². The van der Waals surface area contributed by atoms with Crippen LogP contribution >= 0.6 is 23.2 Å². The van der Waals surface area contributed by atoms with Gasteiger partial charge in [-0.3, -0.25) is 0 Å². The largest absolute Gasteiger partial charge is 0.519 e. The van der Waals surface area contributed by atoms with Crippen LogP contribution in [-0.2, 0) is 12.7 Å². The third kappa shape index (κ3) is 3.19. The van der Waals surface area contributed by atoms with E-state index in [-0.39, 0.29) is 22.6 Å². The SMILES string of the molecule is Cc1oc(=O)oc1Cn1c(C(F)(F)F)nc2cc3c(cc21)OC(F)(Cl)C(F)(Cl)O3. The number of ether oxygens (including phenoxy) is 2. The molecule has 2 atom stereocenters. The first-order chi connectivity index (χ1) is 13.3. The van der Waals surface area contributed by atoms with E-state index in [1.165, 1.54) is 6.92 Å². The lowest BCUT2D eigenvalue weighted by atomic mass is 10.2. The molecule has 1 aliphatic rings. The molecule has 7 nitrogen and oxygen atoms in total. The van der Waals surface area contributed by atoms with Crippen molar-refractivity contribution in [1.29, 1.82) is 0 Å². The Labute approximate surface area is 166 Å². The van der Waals surface area contributed by atoms with Gasteiger partial charge in [0.2, 0.25) is 5.82 Å². The van der Waals surface area contributed by atoms with E-state index >= 15 is 0 Å². The highest BCUT2D eigenvalue weighted by atomic mass is 35.5. The Morgan fingerprint density at radius 2 is 1.69 bits per heavy atom. The summed E-state index contributed by atoms with van der Waals surface area (Å²) in [7, 11) is 0. The molecule has 1 aliphatic heterocycles. The highest BCUT2D eigenvalue weighted by Gasteiger charge is 2.61. The molecule has 0 N–H and O–H groups in total. The Morgan fingerprint density at radius 1 is 1.10 bits per heavy atom. The summed E-state index contributed by atoms with van der Waals surface area (Å²) in [5.41, 5.74) is -0.534. The van der Waals surface area contributed by atoms with Crippen molar-refractivity contribution in [3.63, 3.8) is 0 Å². The Hall–Kier alpha value is -2.47. The predicted octanol–water partition coefficient (Wildman–Crippen LogP) is 4.45. The van der Waals surface area contributed by atoms with Crippen LogP contribution in [0.5, 0.6) is 11.5 Å². The van der Waals surface area contributed by atoms with Gasteiger partial charge in [-0.15, -0.1) is 0 Å². The lowest BCUT2D eigenvalue weighted by Crippen LogP contribution is -2.50. The molecule has 0 saturated carbocycles. The van der Waals surface area contributed by atoms with Gasteiger partial charge in [0, 0.05) is 12.1 Å². The molecule has 0 aliphatic carbocycles. The summed E-state index contributed by atoms with van der Waals surface area (Å²) in [6.07, 6.45) is -4.92. The van der Waals surface area contributed by atoms with E-state index in [1.54, 1.807) is 0 Å². The van der Waals surface area contributed by atoms with Gasteiger partial charge >= 0.3 is 22.6 Å². The van der Waals surface area contributed by atoms with Crippen molar-refractivity contribution in [3.8, 4) is 11.5 Å². The Balaban J connectivity index is 1.92. The summed E-state index contributed by atoms with van der Waals surface area (Å²) in [6, 6.07) is 1.78. The number of hydrogen-bond donors (Lipinski definition) is 0. The quantitative estimate of drug-likeness (QED) is 0.415. The number of rotatable bonds is 2. The number of aromatic nitrogens is 2. The minimum Gasteiger partial charge on any atom is -0.435 e. The Kier molecular flexibility index (Phi) is 4.11. The highest BCUT2D eigenvalue weighted by molar-refractivity contribution is 6.32. The standard InChI is InChI=1S/C15H7Cl2F5N2O5/c1-5-10(27-12(25)26-5)4-24-7-3-9-8(28-14(16,21)15(17,22)29-9)2-6(7)23-11(24)13(18,19)20/h2-3H,4H2,1H3. The van der Waals surface area contributed by atoms with Crippen molar-refractivity contribution in [2.75, 3.05) is 0 Å². The fraction of sp³-hybridized carbons (Fsp3) is 0.333. The predicted molar refractivity (Wildman–Crippen MR) is 86.5 cm³/mol. The molecule has 14 heteroatoms. The summed E-state index contributed by atoms with van der Waals surface area (Å²) < 4.78 is 87.7. The molecule has 2 unspecified atom stereocenters. The van der Waals surface area contributed by atoms with Crippen LogP contribution < -0.4 is 15.3 Å². The molecule has 29 heavy (non-hydrogen) atoms. The van der Waals surface area contributed by atoms with Gasteiger partial charge in [0.25, 0.3) is 0 Å². The van der Waals surface area contributed by atoms with E-state index in [0.29, 0.717) is 4.57 Å². The zero-order chi connectivity index (χ0) is 21.4. The first kappa shape index (κ1) is 19.8. The molecule has 3 aromatic rings. The van der Waals surface area contributed by atoms with Crippen molar-refractivity contribution in [2.45, 2.75) is 30.3 Å². The first-order valence-electron chi connectivity index (χ1n) is 7.63. The average Bonchev–Trinajstić information content (AvgIpc) is 3.06. The van der Waals surface area contributed by atoms with Gasteiger partial charge in [-0.2, -0.15) is 22.0 Å². The maximum absolute atomic E-state index is 14.1. The normalized spacial score (nSPS) is 24.3. The zero-order valence-electron chi connectivity index (χ0n) is 13.9. The van der Waals surface area contributed by atoms with Gasteiger partial charge in [-0.05, 0) is 30.1 Å². The number of aryl methyl sites for hydroxylation is 1. The van der Waals surface area contributed by atoms with Crippen LogP contribution in [-0.4, -0.2) is 20.2 Å². The number of hydrogen-bond acceptors (Lipinski definition) is 6. The lowest BCUT2D eigenvalue weighted by molar-refractivity contribution is -0.179. The molecule has 0 amide bonds. The molecular formula is C15H7Cl2F5N2O5. The van der Waals surface area contributed by atoms with Crippen LogP contribution in [0.2, 0.25) is 0 Å². The van der Waals surface area contributed by atoms with Crippen molar-refractivity contribution >= 4 is 34.2 Å². The smallest absolute Gasteiger partial charge is 0.435 e. The van der Waals surface area contributed by atoms with E-state index in [0.717, 1.165) is 12.1 Å². The second kappa shape index (κ2) is 6.02. The third-order valence-electron chi connectivity index (χ3n) is 4.02. The van der Waals surface area contributed by atoms with Crippen molar-refractivity contribution in [2.24, 2.45) is 0 Å². The van der Waals surface area contributed by atoms with E-state index in [4.69, 9.17) is 27.6 Å². The third-order valence-corrected chi connectivity index (χ3v) is 4.76. The summed E-state index contributed by atoms with van der Waals surface area (Å²) in [5.74, 6) is -3.77. The molecule has 0 spiro atoms. The van der Waals surface area contributed by atoms with Crippen molar-refractivity contribution in [1.82, 2.24) is 9.55 Å². The van der Waals surface area contributed by atoms with Crippen LogP contribution in [0.15, 0.2) is 25.8 Å². The Morgan fingerprint density at radius 3 is 2.21 bits per heavy atom. The van der Waals surface area contributed by atoms with Gasteiger partial charge in [0.1, 0.15) is 5.76 Å². The molecule has 0 radical (unpaired) electrons. The second-order valence-electron chi connectivity index (χ2n) is 5.98. The monoisotopic (exact) mass is 460 g/mol. The summed E-state index contributed by atoms with van der Waals surface area (Å²) in [4.78, 5) is 14.7. The zero-order valence-corrected chi connectivity index (χ0v) is 15.5. The fourth-order valence-electron chi connectivity index (χ4n) is 2.73. The maximum Gasteiger partial charge on any atom is 0.519 e. The van der Waals surface area contributed by atoms with E-state index in [1.807, 2.05) is 0 Å². The number of alkyl halides is 7. The molecule has 0 saturated heterocycles. The van der Waals surface area contributed by atoms with Crippen LogP contribution in [0, 0.1) is 6.92 Å². The number of imidazole rings is 1. The number of nitrogens with zero attached hydrogens (tertiary/aromatic N) is 2. The van der Waals surface area contributed by atoms with E-state index in [9.17, 15) is 26.7 Å². The second-order valence-corrected chi connectivity index (χ2v) is 6.95. The van der Waals surface area contributed by atoms with Crippen LogP contribution in [0.25, 0.3) is 11.0 Å². The molecule has 0 fully saturated rings. The van der Waals surface area contributed by atoms with Crippen LogP contribution in [0.1, 0.15) is 17.3 Å². The van der Waals surface area contributed by atoms with Gasteiger partial charge in [-0.1, -0.05) is 0 Å². The summed E-state index contributed by atoms with van der Waals surface area (Å²) >= 11 is 10.4. The van der Waals surface area contributed by atoms with Crippen molar-refractivity contribution in [3.05, 3.63) is 40.1 Å². The fourth-order valence-corrected chi connectivity index (χ4v) is 2.97. The molecular weight excluding hydrogens is 454 g/mol. The van der Waals surface area contributed by atoms with Gasteiger partial charge in [0.15, 0.2) is 17.3 Å². The van der Waals surface area contributed by atoms with Gasteiger partial charge in [-0.25, -0.2) is 9.78 Å². The van der Waals surface area contributed by atoms with Crippen LogP contribution in [0.4, 0.5) is 22.0 Å². The maximum atomic E-state index is 14.1. The summed E-state index contributed by atoms with van der Waals surface area (Å²) in [5, 5.41) is -7.29. The molecule has 3 heterocycles. The van der Waals surface area contributed by atoms with Gasteiger partial charge in [0.05, 0.1) is 17.6 Å². The molecule has 2 aromatic heterocycles. The molecule has 4 rings (SSSR count). The number of fused-ring (bicyclic) bond motifs is 2. The van der Waals surface area contributed by atoms with Gasteiger partial charge < -0.3 is 22.9 Å². The Bertz CT molecular complexity index is 1180. The summed E-state index contributed by atoms with van der Waals surface area (Å²) in [6.45, 7) is 0.713. The van der Waals surface area contributed by atoms with Crippen LogP contribution in [0.3, 0.4) is 0 Å². The lowest BCUT2D eigenvalue weighted by Gasteiger charge is -2.34. The number of halogens is 7. The topological polar surface area (TPSA) is 79.6 Å². The minimum atomic E-state index is -4.92.